The number of hydrogen-bond donors (Lipinski definition) is 10. The van der Waals surface area contributed by atoms with Gasteiger partial charge in [0.15, 0.2) is 0 Å². The van der Waals surface area contributed by atoms with Gasteiger partial charge in [0.25, 0.3) is 0 Å². The van der Waals surface area contributed by atoms with Crippen molar-refractivity contribution in [2.24, 2.45) is 17.4 Å². The zero-order chi connectivity index (χ0) is 35.8. The van der Waals surface area contributed by atoms with Gasteiger partial charge in [-0.3, -0.25) is 19.2 Å². The smallest absolute Gasteiger partial charge is 0.326 e. The minimum atomic E-state index is -1.59. The molecule has 0 fully saturated rings. The van der Waals surface area contributed by atoms with Gasteiger partial charge in [0, 0.05) is 12.8 Å². The van der Waals surface area contributed by atoms with Gasteiger partial charge in [-0.05, 0) is 60.7 Å². The van der Waals surface area contributed by atoms with Crippen LogP contribution in [0.25, 0.3) is 0 Å². The van der Waals surface area contributed by atoms with Crippen LogP contribution in [0.3, 0.4) is 0 Å². The molecule has 0 aliphatic carbocycles. The maximum atomic E-state index is 13.6. The fraction of sp³-hybridized carbons (Fsp3) is 0.485. The maximum absolute atomic E-state index is 13.6. The normalized spacial score (nSPS) is 14.8. The Morgan fingerprint density at radius 3 is 1.67 bits per heavy atom. The minimum absolute atomic E-state index is 0.0218. The fourth-order valence-corrected chi connectivity index (χ4v) is 4.75. The summed E-state index contributed by atoms with van der Waals surface area (Å²) in [5, 5.41) is 48.9. The topological polar surface area (TPSA) is 266 Å². The van der Waals surface area contributed by atoms with Crippen LogP contribution in [-0.4, -0.2) is 93.4 Å². The van der Waals surface area contributed by atoms with Crippen molar-refractivity contribution in [1.82, 2.24) is 21.3 Å². The second kappa shape index (κ2) is 19.8. The summed E-state index contributed by atoms with van der Waals surface area (Å²) < 4.78 is 0. The number of hydrogen-bond acceptors (Lipinski definition) is 10. The standard InChI is InChI=1S/C33H48N6O9/c1-3-19(2)28(39-29(43)24(35)6-4-5-15-34)32(46)36-25(16-20-7-11-22(41)12-8-20)30(44)38-27(18-40)31(45)37-26(33(47)48)17-21-9-13-23(42)14-10-21/h7-14,19,24-28,40-42H,3-6,15-18,34-35H2,1-2H3,(H,36,46)(H,37,45)(H,38,44)(H,39,43)(H,47,48)/t19-,24-,25-,26-,27-,28-/m0/s1. The summed E-state index contributed by atoms with van der Waals surface area (Å²) in [5.74, 6) is -4.85. The highest BCUT2D eigenvalue weighted by atomic mass is 16.4. The summed E-state index contributed by atoms with van der Waals surface area (Å²) >= 11 is 0. The van der Waals surface area contributed by atoms with Gasteiger partial charge in [0.05, 0.1) is 12.6 Å². The number of unbranched alkanes of at least 4 members (excludes halogenated alkanes) is 1. The fourth-order valence-electron chi connectivity index (χ4n) is 4.75. The zero-order valence-corrected chi connectivity index (χ0v) is 27.2. The first-order valence-corrected chi connectivity index (χ1v) is 15.9. The largest absolute Gasteiger partial charge is 0.508 e. The lowest BCUT2D eigenvalue weighted by atomic mass is 9.96. The van der Waals surface area contributed by atoms with E-state index in [0.29, 0.717) is 43.4 Å². The summed E-state index contributed by atoms with van der Waals surface area (Å²) in [5.41, 5.74) is 12.6. The van der Waals surface area contributed by atoms with E-state index in [4.69, 9.17) is 11.5 Å². The average molecular weight is 673 g/mol. The molecule has 4 amide bonds. The molecule has 0 aromatic heterocycles. The number of carbonyl (C=O) groups is 5. The molecule has 12 N–H and O–H groups in total. The Balaban J connectivity index is 2.25. The molecule has 15 nitrogen and oxygen atoms in total. The van der Waals surface area contributed by atoms with Crippen LogP contribution >= 0.6 is 0 Å². The second-order valence-corrected chi connectivity index (χ2v) is 11.7. The summed E-state index contributed by atoms with van der Waals surface area (Å²) in [6.45, 7) is 3.14. The highest BCUT2D eigenvalue weighted by Crippen LogP contribution is 2.15. The molecule has 0 unspecified atom stereocenters. The van der Waals surface area contributed by atoms with Crippen LogP contribution < -0.4 is 32.7 Å². The molecule has 2 aromatic carbocycles. The van der Waals surface area contributed by atoms with Crippen LogP contribution in [-0.2, 0) is 36.8 Å². The number of aliphatic carboxylic acids is 1. The van der Waals surface area contributed by atoms with Crippen LogP contribution in [0.1, 0.15) is 50.7 Å². The molecule has 0 spiro atoms. The Hall–Kier alpha value is -4.73. The van der Waals surface area contributed by atoms with Crippen molar-refractivity contribution in [3.63, 3.8) is 0 Å². The lowest BCUT2D eigenvalue weighted by Gasteiger charge is -2.28. The predicted octanol–water partition coefficient (Wildman–Crippen LogP) is -0.598. The third kappa shape index (κ3) is 12.8. The van der Waals surface area contributed by atoms with Crippen molar-refractivity contribution in [1.29, 1.82) is 0 Å². The zero-order valence-electron chi connectivity index (χ0n) is 27.2. The number of benzene rings is 2. The van der Waals surface area contributed by atoms with Crippen molar-refractivity contribution in [2.75, 3.05) is 13.2 Å². The van der Waals surface area contributed by atoms with E-state index in [1.807, 2.05) is 6.92 Å². The SMILES string of the molecule is CC[C@H](C)[C@H](NC(=O)[C@@H](N)CCCCN)C(=O)N[C@@H](Cc1ccc(O)cc1)C(=O)N[C@@H](CO)C(=O)N[C@@H](Cc1ccc(O)cc1)C(=O)O. The minimum Gasteiger partial charge on any atom is -0.508 e. The Bertz CT molecular complexity index is 1360. The van der Waals surface area contributed by atoms with Crippen molar-refractivity contribution in [3.05, 3.63) is 59.7 Å². The number of nitrogens with one attached hydrogen (secondary N) is 4. The van der Waals surface area contributed by atoms with Crippen molar-refractivity contribution in [3.8, 4) is 11.5 Å². The lowest BCUT2D eigenvalue weighted by molar-refractivity contribution is -0.142. The molecule has 0 saturated carbocycles. The van der Waals surface area contributed by atoms with E-state index in [9.17, 15) is 44.4 Å². The third-order valence-corrected chi connectivity index (χ3v) is 7.91. The van der Waals surface area contributed by atoms with Gasteiger partial charge in [0.2, 0.25) is 23.6 Å². The highest BCUT2D eigenvalue weighted by molar-refractivity contribution is 5.95. The number of nitrogens with two attached hydrogens (primary N) is 2. The third-order valence-electron chi connectivity index (χ3n) is 7.91. The van der Waals surface area contributed by atoms with Gasteiger partial charge in [-0.15, -0.1) is 0 Å². The van der Waals surface area contributed by atoms with Gasteiger partial charge >= 0.3 is 5.97 Å². The monoisotopic (exact) mass is 672 g/mol. The first-order valence-electron chi connectivity index (χ1n) is 15.9. The van der Waals surface area contributed by atoms with Gasteiger partial charge in [-0.1, -0.05) is 51.0 Å². The molecule has 0 aliphatic heterocycles. The molecule has 0 heterocycles. The predicted molar refractivity (Wildman–Crippen MR) is 176 cm³/mol. The van der Waals surface area contributed by atoms with Gasteiger partial charge in [-0.25, -0.2) is 4.79 Å². The molecule has 0 saturated heterocycles. The van der Waals surface area contributed by atoms with Crippen LogP contribution in [0.15, 0.2) is 48.5 Å². The van der Waals surface area contributed by atoms with Crippen LogP contribution in [0.4, 0.5) is 0 Å². The summed E-state index contributed by atoms with van der Waals surface area (Å²) in [6.07, 6.45) is 1.93. The lowest BCUT2D eigenvalue weighted by Crippen LogP contribution is -2.60. The summed E-state index contributed by atoms with van der Waals surface area (Å²) in [6, 6.07) is 5.29. The van der Waals surface area contributed by atoms with Gasteiger partial charge < -0.3 is 53.2 Å². The van der Waals surface area contributed by atoms with Crippen LogP contribution in [0.5, 0.6) is 11.5 Å². The average Bonchev–Trinajstić information content (AvgIpc) is 3.06. The molecule has 264 valence electrons. The number of phenolic OH excluding ortho intramolecular Hbond substituents is 2. The number of carboxylic acids is 1. The molecule has 2 aromatic rings. The maximum Gasteiger partial charge on any atom is 0.326 e. The number of rotatable bonds is 20. The van der Waals surface area contributed by atoms with E-state index in [0.717, 1.165) is 0 Å². The highest BCUT2D eigenvalue weighted by Gasteiger charge is 2.33. The van der Waals surface area contributed by atoms with E-state index in [1.165, 1.54) is 48.5 Å². The Morgan fingerprint density at radius 2 is 1.19 bits per heavy atom. The second-order valence-electron chi connectivity index (χ2n) is 11.7. The van der Waals surface area contributed by atoms with Crippen molar-refractivity contribution < 1.29 is 44.4 Å². The number of aliphatic hydroxyl groups is 1. The first-order chi connectivity index (χ1) is 22.8. The number of carbonyl (C=O) groups excluding carboxylic acids is 4. The number of amides is 4. The van der Waals surface area contributed by atoms with Crippen molar-refractivity contribution in [2.45, 2.75) is 82.6 Å². The van der Waals surface area contributed by atoms with E-state index in [1.54, 1.807) is 6.92 Å². The van der Waals surface area contributed by atoms with E-state index < -0.39 is 66.4 Å². The van der Waals surface area contributed by atoms with E-state index in [2.05, 4.69) is 21.3 Å². The molecule has 0 aliphatic rings. The van der Waals surface area contributed by atoms with Crippen molar-refractivity contribution >= 4 is 29.6 Å². The summed E-state index contributed by atoms with van der Waals surface area (Å²) in [7, 11) is 0. The molecule has 6 atom stereocenters. The quantitative estimate of drug-likeness (QED) is 0.0794. The Labute approximate surface area is 279 Å². The van der Waals surface area contributed by atoms with Gasteiger partial charge in [-0.2, -0.15) is 0 Å². The van der Waals surface area contributed by atoms with E-state index >= 15 is 0 Å². The summed E-state index contributed by atoms with van der Waals surface area (Å²) in [4.78, 5) is 65.0. The molecule has 15 heteroatoms. The van der Waals surface area contributed by atoms with Gasteiger partial charge in [0.1, 0.15) is 35.7 Å². The molecule has 2 rings (SSSR count). The first kappa shape index (κ1) is 39.4. The molecular formula is C33H48N6O9. The molecule has 0 bridgehead atoms. The number of phenols is 2. The van der Waals surface area contributed by atoms with Crippen LogP contribution in [0, 0.1) is 5.92 Å². The Kier molecular flexibility index (Phi) is 16.3. The Morgan fingerprint density at radius 1 is 0.708 bits per heavy atom. The van der Waals surface area contributed by atoms with Crippen LogP contribution in [0.2, 0.25) is 0 Å². The molecule has 0 radical (unpaired) electrons. The number of carboxylic acid groups (broad SMARTS) is 1. The molecular weight excluding hydrogens is 624 g/mol. The number of aliphatic hydroxyl groups excluding tert-OH is 1. The number of aromatic hydroxyl groups is 2. The van der Waals surface area contributed by atoms with E-state index in [-0.39, 0.29) is 30.3 Å². The molecule has 48 heavy (non-hydrogen) atoms.